The van der Waals surface area contributed by atoms with Crippen LogP contribution in [0.3, 0.4) is 0 Å². The highest BCUT2D eigenvalue weighted by Crippen LogP contribution is 2.32. The highest BCUT2D eigenvalue weighted by molar-refractivity contribution is 7.14. The topological polar surface area (TPSA) is 45.1 Å². The maximum atomic E-state index is 13.2. The Bertz CT molecular complexity index is 728. The van der Waals surface area contributed by atoms with Gasteiger partial charge in [-0.1, -0.05) is 18.2 Å². The first-order valence-corrected chi connectivity index (χ1v) is 6.87. The number of hydrogen-bond donors (Lipinski definition) is 2. The molecule has 5 heteroatoms. The van der Waals surface area contributed by atoms with E-state index in [0.29, 0.717) is 16.4 Å². The average molecular weight is 286 g/mol. The molecule has 0 aliphatic carbocycles. The number of nitrogens with zero attached hydrogens (tertiary/aromatic N) is 1. The van der Waals surface area contributed by atoms with Crippen molar-refractivity contribution in [2.75, 3.05) is 5.32 Å². The Morgan fingerprint density at radius 2 is 1.90 bits per heavy atom. The van der Waals surface area contributed by atoms with Crippen molar-refractivity contribution in [2.24, 2.45) is 0 Å². The van der Waals surface area contributed by atoms with E-state index < -0.39 is 5.82 Å². The van der Waals surface area contributed by atoms with Crippen molar-refractivity contribution in [3.05, 3.63) is 59.7 Å². The summed E-state index contributed by atoms with van der Waals surface area (Å²) in [5.41, 5.74) is 1.87. The fourth-order valence-corrected chi connectivity index (χ4v) is 2.54. The van der Waals surface area contributed by atoms with Gasteiger partial charge in [-0.15, -0.1) is 11.3 Å². The quantitative estimate of drug-likeness (QED) is 0.750. The minimum atomic E-state index is -0.400. The van der Waals surface area contributed by atoms with Gasteiger partial charge in [0.1, 0.15) is 11.6 Å². The molecule has 0 saturated carbocycles. The molecule has 0 atom stereocenters. The second-order valence-corrected chi connectivity index (χ2v) is 5.05. The van der Waals surface area contributed by atoms with Crippen LogP contribution in [0.5, 0.6) is 5.75 Å². The largest absolute Gasteiger partial charge is 0.507 e. The molecule has 3 aromatic rings. The average Bonchev–Trinajstić information content (AvgIpc) is 2.91. The first-order valence-electron chi connectivity index (χ1n) is 5.99. The van der Waals surface area contributed by atoms with Crippen molar-refractivity contribution in [2.45, 2.75) is 0 Å². The van der Waals surface area contributed by atoms with Crippen LogP contribution in [-0.4, -0.2) is 10.1 Å². The summed E-state index contributed by atoms with van der Waals surface area (Å²) in [7, 11) is 0. The Hall–Kier alpha value is -2.40. The molecular formula is C15H11FN2OS. The summed E-state index contributed by atoms with van der Waals surface area (Å²) in [4.78, 5) is 4.36. The number of aromatic nitrogens is 1. The molecule has 3 nitrogen and oxygen atoms in total. The fourth-order valence-electron chi connectivity index (χ4n) is 1.81. The molecule has 1 aromatic heterocycles. The monoisotopic (exact) mass is 286 g/mol. The lowest BCUT2D eigenvalue weighted by atomic mass is 10.1. The molecule has 0 saturated heterocycles. The van der Waals surface area contributed by atoms with Gasteiger partial charge in [-0.3, -0.25) is 0 Å². The van der Waals surface area contributed by atoms with Gasteiger partial charge in [0.2, 0.25) is 0 Å². The minimum absolute atomic E-state index is 0.0166. The number of rotatable bonds is 3. The lowest BCUT2D eigenvalue weighted by molar-refractivity contribution is 0.475. The number of phenolic OH excluding ortho intramolecular Hbond substituents is 1. The van der Waals surface area contributed by atoms with E-state index in [1.807, 2.05) is 30.3 Å². The van der Waals surface area contributed by atoms with Crippen LogP contribution in [0.2, 0.25) is 0 Å². The molecule has 2 N–H and O–H groups in total. The van der Waals surface area contributed by atoms with Gasteiger partial charge in [-0.25, -0.2) is 9.37 Å². The minimum Gasteiger partial charge on any atom is -0.507 e. The second kappa shape index (κ2) is 5.30. The Balaban J connectivity index is 1.88. The van der Waals surface area contributed by atoms with E-state index in [4.69, 9.17) is 0 Å². The van der Waals surface area contributed by atoms with Crippen LogP contribution in [0.25, 0.3) is 11.3 Å². The van der Waals surface area contributed by atoms with Crippen LogP contribution in [0.1, 0.15) is 0 Å². The summed E-state index contributed by atoms with van der Waals surface area (Å²) in [6.45, 7) is 0. The first kappa shape index (κ1) is 12.6. The Labute approximate surface area is 119 Å². The zero-order chi connectivity index (χ0) is 13.9. The zero-order valence-corrected chi connectivity index (χ0v) is 11.2. The molecule has 1 heterocycles. The van der Waals surface area contributed by atoms with Crippen LogP contribution >= 0.6 is 11.3 Å². The van der Waals surface area contributed by atoms with Crippen molar-refractivity contribution >= 4 is 22.2 Å². The van der Waals surface area contributed by atoms with Gasteiger partial charge in [0.25, 0.3) is 0 Å². The van der Waals surface area contributed by atoms with E-state index >= 15 is 0 Å². The summed E-state index contributed by atoms with van der Waals surface area (Å²) in [6, 6.07) is 13.5. The van der Waals surface area contributed by atoms with Gasteiger partial charge >= 0.3 is 0 Å². The number of anilines is 2. The molecule has 100 valence electrons. The molecule has 0 fully saturated rings. The number of para-hydroxylation sites is 1. The van der Waals surface area contributed by atoms with E-state index in [-0.39, 0.29) is 5.75 Å². The number of thiazole rings is 1. The van der Waals surface area contributed by atoms with Crippen LogP contribution in [0.4, 0.5) is 15.2 Å². The van der Waals surface area contributed by atoms with Crippen molar-refractivity contribution in [3.8, 4) is 17.0 Å². The van der Waals surface area contributed by atoms with E-state index in [1.54, 1.807) is 5.38 Å². The summed E-state index contributed by atoms with van der Waals surface area (Å²) >= 11 is 1.40. The molecular weight excluding hydrogens is 275 g/mol. The van der Waals surface area contributed by atoms with Gasteiger partial charge in [-0.2, -0.15) is 0 Å². The third-order valence-electron chi connectivity index (χ3n) is 2.76. The van der Waals surface area contributed by atoms with E-state index in [2.05, 4.69) is 10.3 Å². The summed E-state index contributed by atoms with van der Waals surface area (Å²) in [5.74, 6) is -0.383. The standard InChI is InChI=1S/C15H11FN2OS/c16-10-6-7-14(19)12(8-10)13-9-20-15(18-13)17-11-4-2-1-3-5-11/h1-9,19H,(H,17,18). The zero-order valence-electron chi connectivity index (χ0n) is 10.4. The lowest BCUT2D eigenvalue weighted by Crippen LogP contribution is -1.89. The highest BCUT2D eigenvalue weighted by atomic mass is 32.1. The number of aromatic hydroxyl groups is 1. The van der Waals surface area contributed by atoms with E-state index in [1.165, 1.54) is 29.5 Å². The number of phenols is 1. The molecule has 0 aliphatic rings. The lowest BCUT2D eigenvalue weighted by Gasteiger charge is -2.02. The second-order valence-electron chi connectivity index (χ2n) is 4.19. The number of halogens is 1. The molecule has 2 aromatic carbocycles. The summed E-state index contributed by atoms with van der Waals surface area (Å²) in [5, 5.41) is 15.4. The maximum absolute atomic E-state index is 13.2. The van der Waals surface area contributed by atoms with Crippen LogP contribution in [0, 0.1) is 5.82 Å². The van der Waals surface area contributed by atoms with Crippen molar-refractivity contribution in [1.82, 2.24) is 4.98 Å². The number of benzene rings is 2. The molecule has 0 bridgehead atoms. The molecule has 0 unspecified atom stereocenters. The van der Waals surface area contributed by atoms with Crippen molar-refractivity contribution in [1.29, 1.82) is 0 Å². The van der Waals surface area contributed by atoms with Gasteiger partial charge in [0, 0.05) is 16.6 Å². The molecule has 0 radical (unpaired) electrons. The molecule has 0 amide bonds. The van der Waals surface area contributed by atoms with Crippen LogP contribution in [-0.2, 0) is 0 Å². The van der Waals surface area contributed by atoms with Gasteiger partial charge in [-0.05, 0) is 30.3 Å². The smallest absolute Gasteiger partial charge is 0.187 e. The SMILES string of the molecule is Oc1ccc(F)cc1-c1csc(Nc2ccccc2)n1. The third kappa shape index (κ3) is 2.62. The molecule has 20 heavy (non-hydrogen) atoms. The van der Waals surface area contributed by atoms with E-state index in [9.17, 15) is 9.50 Å². The predicted octanol–water partition coefficient (Wildman–Crippen LogP) is 4.40. The molecule has 3 rings (SSSR count). The molecule has 0 spiro atoms. The normalized spacial score (nSPS) is 10.4. The Morgan fingerprint density at radius 3 is 2.70 bits per heavy atom. The highest BCUT2D eigenvalue weighted by Gasteiger charge is 2.10. The Morgan fingerprint density at radius 1 is 1.10 bits per heavy atom. The van der Waals surface area contributed by atoms with E-state index in [0.717, 1.165) is 5.69 Å². The number of hydrogen-bond acceptors (Lipinski definition) is 4. The van der Waals surface area contributed by atoms with Crippen molar-refractivity contribution in [3.63, 3.8) is 0 Å². The maximum Gasteiger partial charge on any atom is 0.187 e. The van der Waals surface area contributed by atoms with Crippen molar-refractivity contribution < 1.29 is 9.50 Å². The van der Waals surface area contributed by atoms with Gasteiger partial charge in [0.05, 0.1) is 5.69 Å². The van der Waals surface area contributed by atoms with Crippen LogP contribution < -0.4 is 5.32 Å². The summed E-state index contributed by atoms with van der Waals surface area (Å²) < 4.78 is 13.2. The van der Waals surface area contributed by atoms with Gasteiger partial charge < -0.3 is 10.4 Å². The number of nitrogens with one attached hydrogen (secondary N) is 1. The predicted molar refractivity (Wildman–Crippen MR) is 78.9 cm³/mol. The first-order chi connectivity index (χ1) is 9.72. The van der Waals surface area contributed by atoms with Gasteiger partial charge in [0.15, 0.2) is 5.13 Å². The third-order valence-corrected chi connectivity index (χ3v) is 3.52. The fraction of sp³-hybridized carbons (Fsp3) is 0. The summed E-state index contributed by atoms with van der Waals surface area (Å²) in [6.07, 6.45) is 0. The van der Waals surface area contributed by atoms with Crippen LogP contribution in [0.15, 0.2) is 53.9 Å². The molecule has 0 aliphatic heterocycles. The Kier molecular flexibility index (Phi) is 3.35.